The summed E-state index contributed by atoms with van der Waals surface area (Å²) in [6.07, 6.45) is -0.674. The van der Waals surface area contributed by atoms with E-state index in [1.165, 1.54) is 0 Å². The van der Waals surface area contributed by atoms with E-state index in [-0.39, 0.29) is 6.54 Å². The number of amides is 1. The van der Waals surface area contributed by atoms with Crippen LogP contribution in [0.1, 0.15) is 11.3 Å². The lowest BCUT2D eigenvalue weighted by molar-refractivity contribution is 0.194. The molecule has 2 aromatic rings. The summed E-state index contributed by atoms with van der Waals surface area (Å²) in [5.74, 6) is 0.564. The number of nitriles is 1. The van der Waals surface area contributed by atoms with Crippen LogP contribution in [0.5, 0.6) is 0 Å². The van der Waals surface area contributed by atoms with Crippen molar-refractivity contribution in [3.63, 3.8) is 0 Å². The molecule has 102 valence electrons. The number of carboxylic acid groups (broad SMARTS) is 1. The van der Waals surface area contributed by atoms with Crippen LogP contribution in [0.15, 0.2) is 28.8 Å². The fourth-order valence-corrected chi connectivity index (χ4v) is 1.85. The molecule has 0 aliphatic heterocycles. The summed E-state index contributed by atoms with van der Waals surface area (Å²) in [6, 6.07) is 8.66. The molecule has 0 radical (unpaired) electrons. The molecule has 1 heterocycles. The van der Waals surface area contributed by atoms with Crippen LogP contribution < -0.4 is 5.32 Å². The Morgan fingerprint density at radius 2 is 2.30 bits per heavy atom. The van der Waals surface area contributed by atoms with Gasteiger partial charge in [-0.2, -0.15) is 5.26 Å². The van der Waals surface area contributed by atoms with Crippen LogP contribution in [-0.4, -0.2) is 22.9 Å². The Morgan fingerprint density at radius 3 is 2.95 bits per heavy atom. The van der Waals surface area contributed by atoms with Crippen LogP contribution in [0.25, 0.3) is 11.3 Å². The number of nitrogens with one attached hydrogen (secondary N) is 1. The lowest BCUT2D eigenvalue weighted by Gasteiger charge is -1.98. The molecule has 0 aliphatic carbocycles. The van der Waals surface area contributed by atoms with E-state index in [1.54, 1.807) is 24.3 Å². The first kappa shape index (κ1) is 13.9. The molecule has 6 nitrogen and oxygen atoms in total. The third kappa shape index (κ3) is 3.28. The number of benzene rings is 1. The second kappa shape index (κ2) is 6.08. The van der Waals surface area contributed by atoms with Crippen molar-refractivity contribution in [2.75, 3.05) is 6.54 Å². The second-order valence-electron chi connectivity index (χ2n) is 3.97. The maximum atomic E-state index is 10.3. The molecule has 1 aromatic carbocycles. The summed E-state index contributed by atoms with van der Waals surface area (Å²) < 4.78 is 5.11. The molecule has 0 bridgehead atoms. The quantitative estimate of drug-likeness (QED) is 0.902. The molecule has 0 aliphatic rings. The van der Waals surface area contributed by atoms with E-state index >= 15 is 0 Å². The van der Waals surface area contributed by atoms with Crippen molar-refractivity contribution >= 4 is 17.7 Å². The Labute approximate surface area is 119 Å². The third-order valence-corrected chi connectivity index (χ3v) is 2.90. The highest BCUT2D eigenvalue weighted by molar-refractivity contribution is 6.32. The Bertz CT molecular complexity index is 676. The number of carbonyl (C=O) groups is 1. The highest BCUT2D eigenvalue weighted by Gasteiger charge is 2.09. The molecular formula is C13H10ClN3O3. The third-order valence-electron chi connectivity index (χ3n) is 2.59. The molecular weight excluding hydrogens is 282 g/mol. The zero-order valence-electron chi connectivity index (χ0n) is 10.3. The Balaban J connectivity index is 2.10. The van der Waals surface area contributed by atoms with Crippen molar-refractivity contribution in [2.45, 2.75) is 6.42 Å². The van der Waals surface area contributed by atoms with Gasteiger partial charge in [0.05, 0.1) is 10.6 Å². The molecule has 0 saturated carbocycles. The maximum absolute atomic E-state index is 10.3. The molecule has 0 spiro atoms. The summed E-state index contributed by atoms with van der Waals surface area (Å²) in [6.45, 7) is 0.248. The van der Waals surface area contributed by atoms with E-state index in [0.29, 0.717) is 28.5 Å². The predicted octanol–water partition coefficient (Wildman–Crippen LogP) is 2.68. The largest absolute Gasteiger partial charge is 0.465 e. The molecule has 0 unspecified atom stereocenters. The second-order valence-corrected chi connectivity index (χ2v) is 4.37. The summed E-state index contributed by atoms with van der Waals surface area (Å²) in [5, 5.41) is 23.7. The van der Waals surface area contributed by atoms with Crippen LogP contribution >= 0.6 is 11.6 Å². The predicted molar refractivity (Wildman–Crippen MR) is 71.4 cm³/mol. The molecule has 1 aromatic heterocycles. The average Bonchev–Trinajstić information content (AvgIpc) is 2.87. The first-order valence-corrected chi connectivity index (χ1v) is 6.10. The first-order valence-electron chi connectivity index (χ1n) is 5.72. The zero-order valence-corrected chi connectivity index (χ0v) is 11.0. The minimum absolute atomic E-state index is 0.248. The van der Waals surface area contributed by atoms with E-state index in [0.717, 1.165) is 5.56 Å². The van der Waals surface area contributed by atoms with Gasteiger partial charge in [-0.15, -0.1) is 0 Å². The molecule has 7 heteroatoms. The van der Waals surface area contributed by atoms with Gasteiger partial charge in [0.25, 0.3) is 0 Å². The van der Waals surface area contributed by atoms with Crippen molar-refractivity contribution in [1.82, 2.24) is 10.5 Å². The fourth-order valence-electron chi connectivity index (χ4n) is 1.62. The Morgan fingerprint density at radius 1 is 1.50 bits per heavy atom. The van der Waals surface area contributed by atoms with Crippen LogP contribution in [0, 0.1) is 11.3 Å². The number of hydrogen-bond acceptors (Lipinski definition) is 4. The van der Waals surface area contributed by atoms with Crippen molar-refractivity contribution < 1.29 is 14.4 Å². The summed E-state index contributed by atoms with van der Waals surface area (Å²) in [7, 11) is 0. The minimum Gasteiger partial charge on any atom is -0.465 e. The molecule has 0 fully saturated rings. The van der Waals surface area contributed by atoms with Gasteiger partial charge in [0.2, 0.25) is 0 Å². The topological polar surface area (TPSA) is 99.2 Å². The first-order chi connectivity index (χ1) is 9.60. The van der Waals surface area contributed by atoms with Gasteiger partial charge >= 0.3 is 6.09 Å². The number of aromatic nitrogens is 1. The molecule has 0 atom stereocenters. The van der Waals surface area contributed by atoms with Crippen LogP contribution in [0.2, 0.25) is 5.02 Å². The highest BCUT2D eigenvalue weighted by Crippen LogP contribution is 2.25. The normalized spacial score (nSPS) is 10.0. The lowest BCUT2D eigenvalue weighted by atomic mass is 10.1. The van der Waals surface area contributed by atoms with Gasteiger partial charge in [-0.3, -0.25) is 0 Å². The van der Waals surface area contributed by atoms with E-state index in [2.05, 4.69) is 10.5 Å². The lowest BCUT2D eigenvalue weighted by Crippen LogP contribution is -2.23. The number of rotatable bonds is 4. The van der Waals surface area contributed by atoms with Crippen LogP contribution in [-0.2, 0) is 6.42 Å². The highest BCUT2D eigenvalue weighted by atomic mass is 35.5. The summed E-state index contributed by atoms with van der Waals surface area (Å²) in [5.41, 5.74) is 1.71. The van der Waals surface area contributed by atoms with E-state index in [4.69, 9.17) is 26.5 Å². The average molecular weight is 292 g/mol. The van der Waals surface area contributed by atoms with E-state index < -0.39 is 6.09 Å². The van der Waals surface area contributed by atoms with Crippen molar-refractivity contribution in [1.29, 1.82) is 5.26 Å². The Kier molecular flexibility index (Phi) is 4.23. The molecule has 20 heavy (non-hydrogen) atoms. The van der Waals surface area contributed by atoms with Gasteiger partial charge in [-0.1, -0.05) is 22.8 Å². The Hall–Kier alpha value is -2.52. The van der Waals surface area contributed by atoms with Gasteiger partial charge < -0.3 is 14.9 Å². The SMILES string of the molecule is N#Cc1ccc(-c2cc(CCNC(=O)O)on2)cc1Cl. The fraction of sp³-hybridized carbons (Fsp3) is 0.154. The van der Waals surface area contributed by atoms with Crippen molar-refractivity contribution in [3.05, 3.63) is 40.6 Å². The zero-order chi connectivity index (χ0) is 14.5. The van der Waals surface area contributed by atoms with E-state index in [1.807, 2.05) is 6.07 Å². The number of nitrogens with zero attached hydrogens (tertiary/aromatic N) is 2. The molecule has 1 amide bonds. The van der Waals surface area contributed by atoms with Crippen LogP contribution in [0.4, 0.5) is 4.79 Å². The van der Waals surface area contributed by atoms with Gasteiger partial charge in [0.1, 0.15) is 17.5 Å². The van der Waals surface area contributed by atoms with Gasteiger partial charge in [-0.25, -0.2) is 4.79 Å². The summed E-state index contributed by atoms with van der Waals surface area (Å²) >= 11 is 5.95. The molecule has 2 rings (SSSR count). The molecule has 0 saturated heterocycles. The van der Waals surface area contributed by atoms with E-state index in [9.17, 15) is 4.79 Å². The maximum Gasteiger partial charge on any atom is 0.404 e. The smallest absolute Gasteiger partial charge is 0.404 e. The summed E-state index contributed by atoms with van der Waals surface area (Å²) in [4.78, 5) is 10.3. The number of halogens is 1. The van der Waals surface area contributed by atoms with Gasteiger partial charge in [0, 0.05) is 24.6 Å². The standard InChI is InChI=1S/C13H10ClN3O3/c14-11-5-8(1-2-9(11)7-15)12-6-10(20-17-12)3-4-16-13(18)19/h1-2,5-6,16H,3-4H2,(H,18,19). The van der Waals surface area contributed by atoms with Crippen molar-refractivity contribution in [2.24, 2.45) is 0 Å². The monoisotopic (exact) mass is 291 g/mol. The molecule has 2 N–H and O–H groups in total. The minimum atomic E-state index is -1.08. The van der Waals surface area contributed by atoms with Gasteiger partial charge in [-0.05, 0) is 12.1 Å². The van der Waals surface area contributed by atoms with Crippen LogP contribution in [0.3, 0.4) is 0 Å². The van der Waals surface area contributed by atoms with Crippen molar-refractivity contribution in [3.8, 4) is 17.3 Å². The number of hydrogen-bond donors (Lipinski definition) is 2. The van der Waals surface area contributed by atoms with Gasteiger partial charge in [0.15, 0.2) is 0 Å².